The SMILES string of the molecule is COc1c(Br)cc(Cl)cc1C(N)C1CCCCC1. The fourth-order valence-corrected chi connectivity index (χ4v) is 3.79. The first-order valence-corrected chi connectivity index (χ1v) is 7.59. The second kappa shape index (κ2) is 6.27. The first-order valence-electron chi connectivity index (χ1n) is 6.42. The number of halogens is 2. The summed E-state index contributed by atoms with van der Waals surface area (Å²) >= 11 is 9.61. The monoisotopic (exact) mass is 331 g/mol. The van der Waals surface area contributed by atoms with E-state index >= 15 is 0 Å². The van der Waals surface area contributed by atoms with Crippen LogP contribution in [-0.4, -0.2) is 7.11 Å². The second-order valence-corrected chi connectivity index (χ2v) is 6.22. The molecule has 1 aliphatic rings. The van der Waals surface area contributed by atoms with Gasteiger partial charge < -0.3 is 10.5 Å². The highest BCUT2D eigenvalue weighted by molar-refractivity contribution is 9.10. The Labute approximate surface area is 122 Å². The molecule has 2 rings (SSSR count). The van der Waals surface area contributed by atoms with Gasteiger partial charge in [-0.1, -0.05) is 30.9 Å². The van der Waals surface area contributed by atoms with E-state index in [0.29, 0.717) is 10.9 Å². The van der Waals surface area contributed by atoms with Gasteiger partial charge in [-0.2, -0.15) is 0 Å². The summed E-state index contributed by atoms with van der Waals surface area (Å²) < 4.78 is 6.33. The molecule has 1 unspecified atom stereocenters. The molecule has 0 bridgehead atoms. The lowest BCUT2D eigenvalue weighted by Gasteiger charge is -2.29. The topological polar surface area (TPSA) is 35.2 Å². The first kappa shape index (κ1) is 14.2. The summed E-state index contributed by atoms with van der Waals surface area (Å²) in [6.45, 7) is 0. The van der Waals surface area contributed by atoms with Crippen molar-refractivity contribution in [1.82, 2.24) is 0 Å². The summed E-state index contributed by atoms with van der Waals surface area (Å²) in [5, 5.41) is 0.698. The number of hydrogen-bond donors (Lipinski definition) is 1. The predicted octanol–water partition coefficient (Wildman–Crippen LogP) is 4.69. The minimum Gasteiger partial charge on any atom is -0.495 e. The number of benzene rings is 1. The van der Waals surface area contributed by atoms with E-state index in [0.717, 1.165) is 15.8 Å². The van der Waals surface area contributed by atoms with Crippen LogP contribution in [0.3, 0.4) is 0 Å². The van der Waals surface area contributed by atoms with Crippen molar-refractivity contribution in [2.24, 2.45) is 11.7 Å². The van der Waals surface area contributed by atoms with Crippen LogP contribution in [0.25, 0.3) is 0 Å². The van der Waals surface area contributed by atoms with Gasteiger partial charge in [-0.25, -0.2) is 0 Å². The molecule has 1 aliphatic carbocycles. The molecule has 100 valence electrons. The van der Waals surface area contributed by atoms with Gasteiger partial charge in [0.25, 0.3) is 0 Å². The molecule has 18 heavy (non-hydrogen) atoms. The molecule has 0 saturated heterocycles. The second-order valence-electron chi connectivity index (χ2n) is 4.93. The van der Waals surface area contributed by atoms with Gasteiger partial charge >= 0.3 is 0 Å². The fourth-order valence-electron chi connectivity index (χ4n) is 2.79. The van der Waals surface area contributed by atoms with Crippen LogP contribution in [-0.2, 0) is 0 Å². The van der Waals surface area contributed by atoms with Gasteiger partial charge in [0.05, 0.1) is 11.6 Å². The van der Waals surface area contributed by atoms with Crippen LogP contribution in [0.5, 0.6) is 5.75 Å². The number of nitrogens with two attached hydrogens (primary N) is 1. The summed E-state index contributed by atoms with van der Waals surface area (Å²) in [6, 6.07) is 3.79. The molecule has 1 aromatic carbocycles. The highest BCUT2D eigenvalue weighted by Gasteiger charge is 2.25. The van der Waals surface area contributed by atoms with Crippen molar-refractivity contribution in [3.05, 3.63) is 27.2 Å². The number of methoxy groups -OCH3 is 1. The lowest BCUT2D eigenvalue weighted by atomic mass is 9.81. The zero-order valence-corrected chi connectivity index (χ0v) is 12.9. The average Bonchev–Trinajstić information content (AvgIpc) is 2.38. The van der Waals surface area contributed by atoms with Crippen molar-refractivity contribution in [3.8, 4) is 5.75 Å². The molecular formula is C14H19BrClNO. The van der Waals surface area contributed by atoms with Crippen molar-refractivity contribution in [1.29, 1.82) is 0 Å². The molecule has 1 aromatic rings. The van der Waals surface area contributed by atoms with Gasteiger partial charge in [0.15, 0.2) is 0 Å². The van der Waals surface area contributed by atoms with Crippen LogP contribution in [0.15, 0.2) is 16.6 Å². The molecule has 1 saturated carbocycles. The Morgan fingerprint density at radius 1 is 1.33 bits per heavy atom. The summed E-state index contributed by atoms with van der Waals surface area (Å²) in [4.78, 5) is 0. The van der Waals surface area contributed by atoms with Gasteiger partial charge in [0.1, 0.15) is 5.75 Å². The minimum absolute atomic E-state index is 0.00949. The van der Waals surface area contributed by atoms with Crippen LogP contribution in [0.1, 0.15) is 43.7 Å². The lowest BCUT2D eigenvalue weighted by Crippen LogP contribution is -2.24. The number of hydrogen-bond acceptors (Lipinski definition) is 2. The third-order valence-corrected chi connectivity index (χ3v) is 4.57. The molecule has 2 nitrogen and oxygen atoms in total. The minimum atomic E-state index is 0.00949. The molecule has 0 aromatic heterocycles. The van der Waals surface area contributed by atoms with E-state index in [2.05, 4.69) is 15.9 Å². The normalized spacial score (nSPS) is 18.7. The smallest absolute Gasteiger partial charge is 0.137 e. The largest absolute Gasteiger partial charge is 0.495 e. The number of ether oxygens (including phenoxy) is 1. The van der Waals surface area contributed by atoms with E-state index in [1.54, 1.807) is 7.11 Å². The summed E-state index contributed by atoms with van der Waals surface area (Å²) in [7, 11) is 1.67. The molecule has 0 radical (unpaired) electrons. The van der Waals surface area contributed by atoms with E-state index in [1.165, 1.54) is 32.1 Å². The first-order chi connectivity index (χ1) is 8.63. The Morgan fingerprint density at radius 3 is 2.61 bits per heavy atom. The van der Waals surface area contributed by atoms with Crippen molar-refractivity contribution >= 4 is 27.5 Å². The Bertz CT molecular complexity index is 419. The van der Waals surface area contributed by atoms with Crippen LogP contribution in [0.2, 0.25) is 5.02 Å². The molecular weight excluding hydrogens is 314 g/mol. The number of rotatable bonds is 3. The van der Waals surface area contributed by atoms with Crippen molar-refractivity contribution in [2.45, 2.75) is 38.1 Å². The lowest BCUT2D eigenvalue weighted by molar-refractivity contribution is 0.301. The van der Waals surface area contributed by atoms with E-state index < -0.39 is 0 Å². The molecule has 1 fully saturated rings. The summed E-state index contributed by atoms with van der Waals surface area (Å²) in [6.07, 6.45) is 6.30. The van der Waals surface area contributed by atoms with Crippen molar-refractivity contribution in [2.75, 3.05) is 7.11 Å². The van der Waals surface area contributed by atoms with Crippen LogP contribution < -0.4 is 10.5 Å². The van der Waals surface area contributed by atoms with E-state index in [4.69, 9.17) is 22.1 Å². The molecule has 0 spiro atoms. The standard InChI is InChI=1S/C14H19BrClNO/c1-18-14-11(7-10(16)8-12(14)15)13(17)9-5-3-2-4-6-9/h7-9,13H,2-6,17H2,1H3. The maximum Gasteiger partial charge on any atom is 0.137 e. The maximum absolute atomic E-state index is 6.42. The third kappa shape index (κ3) is 3.01. The Kier molecular flexibility index (Phi) is 4.93. The molecule has 0 amide bonds. The predicted molar refractivity (Wildman–Crippen MR) is 79.2 cm³/mol. The van der Waals surface area contributed by atoms with E-state index in [-0.39, 0.29) is 6.04 Å². The van der Waals surface area contributed by atoms with Gasteiger partial charge in [0.2, 0.25) is 0 Å². The zero-order valence-electron chi connectivity index (χ0n) is 10.6. The van der Waals surface area contributed by atoms with Gasteiger partial charge in [-0.05, 0) is 46.8 Å². The summed E-state index contributed by atoms with van der Waals surface area (Å²) in [5.74, 6) is 1.36. The van der Waals surface area contributed by atoms with Crippen LogP contribution >= 0.6 is 27.5 Å². The highest BCUT2D eigenvalue weighted by Crippen LogP contribution is 2.40. The van der Waals surface area contributed by atoms with Gasteiger partial charge in [-0.3, -0.25) is 0 Å². The third-order valence-electron chi connectivity index (χ3n) is 3.76. The molecule has 0 heterocycles. The fraction of sp³-hybridized carbons (Fsp3) is 0.571. The maximum atomic E-state index is 6.42. The summed E-state index contributed by atoms with van der Waals surface area (Å²) in [5.41, 5.74) is 7.44. The molecule has 4 heteroatoms. The van der Waals surface area contributed by atoms with E-state index in [1.807, 2.05) is 12.1 Å². The van der Waals surface area contributed by atoms with Gasteiger partial charge in [-0.15, -0.1) is 0 Å². The van der Waals surface area contributed by atoms with Crippen LogP contribution in [0.4, 0.5) is 0 Å². The molecule has 2 N–H and O–H groups in total. The Morgan fingerprint density at radius 2 is 2.00 bits per heavy atom. The Hall–Kier alpha value is -0.250. The van der Waals surface area contributed by atoms with Crippen molar-refractivity contribution in [3.63, 3.8) is 0 Å². The zero-order chi connectivity index (χ0) is 13.1. The highest BCUT2D eigenvalue weighted by atomic mass is 79.9. The molecule has 0 aliphatic heterocycles. The van der Waals surface area contributed by atoms with E-state index in [9.17, 15) is 0 Å². The quantitative estimate of drug-likeness (QED) is 0.871. The molecule has 1 atom stereocenters. The van der Waals surface area contributed by atoms with Crippen LogP contribution in [0, 0.1) is 5.92 Å². The van der Waals surface area contributed by atoms with Crippen molar-refractivity contribution < 1.29 is 4.74 Å². The van der Waals surface area contributed by atoms with Gasteiger partial charge in [0, 0.05) is 16.6 Å². The average molecular weight is 333 g/mol. The Balaban J connectivity index is 2.30.